The molecule has 7 heteroatoms. The third-order valence-corrected chi connectivity index (χ3v) is 4.22. The molecule has 0 atom stereocenters. The monoisotopic (exact) mass is 353 g/mol. The maximum absolute atomic E-state index is 13.8. The largest absolute Gasteiger partial charge is 0.378 e. The Morgan fingerprint density at radius 2 is 1.77 bits per heavy atom. The van der Waals surface area contributed by atoms with Gasteiger partial charge in [0.05, 0.1) is 18.8 Å². The molecule has 0 saturated carbocycles. The fourth-order valence-electron chi connectivity index (χ4n) is 2.80. The van der Waals surface area contributed by atoms with Gasteiger partial charge in [0.15, 0.2) is 0 Å². The molecule has 26 heavy (non-hydrogen) atoms. The second-order valence-corrected chi connectivity index (χ2v) is 5.88. The van der Waals surface area contributed by atoms with Gasteiger partial charge in [-0.2, -0.15) is 4.98 Å². The molecule has 6 nitrogen and oxygen atoms in total. The summed E-state index contributed by atoms with van der Waals surface area (Å²) < 4.78 is 24.3. The molecular weight excluding hydrogens is 337 g/mol. The lowest BCUT2D eigenvalue weighted by Crippen LogP contribution is -2.40. The quantitative estimate of drug-likeness (QED) is 0.724. The zero-order valence-electron chi connectivity index (χ0n) is 13.9. The van der Waals surface area contributed by atoms with Gasteiger partial charge in [-0.1, -0.05) is 17.3 Å². The summed E-state index contributed by atoms with van der Waals surface area (Å²) in [6, 6.07) is 13.2. The topological polar surface area (TPSA) is 68.5 Å². The van der Waals surface area contributed by atoms with E-state index in [-0.39, 0.29) is 23.2 Å². The molecule has 1 aromatic heterocycles. The number of hydrogen-bond acceptors (Lipinski definition) is 5. The smallest absolute Gasteiger partial charge is 0.258 e. The predicted molar refractivity (Wildman–Crippen MR) is 91.9 cm³/mol. The first-order valence-electron chi connectivity index (χ1n) is 8.28. The Bertz CT molecular complexity index is 918. The van der Waals surface area contributed by atoms with Gasteiger partial charge >= 0.3 is 0 Å². The van der Waals surface area contributed by atoms with Gasteiger partial charge in [0.2, 0.25) is 5.82 Å². The molecule has 1 aliphatic heterocycles. The molecule has 1 saturated heterocycles. The molecule has 0 spiro atoms. The van der Waals surface area contributed by atoms with Gasteiger partial charge in [-0.25, -0.2) is 4.39 Å². The van der Waals surface area contributed by atoms with Gasteiger partial charge in [0.1, 0.15) is 5.82 Å². The zero-order chi connectivity index (χ0) is 17.9. The minimum Gasteiger partial charge on any atom is -0.378 e. The van der Waals surface area contributed by atoms with Crippen molar-refractivity contribution in [1.29, 1.82) is 0 Å². The number of rotatable bonds is 3. The summed E-state index contributed by atoms with van der Waals surface area (Å²) in [5.74, 6) is 0.0175. The molecule has 0 unspecified atom stereocenters. The number of carbonyl (C=O) groups excluding carboxylic acids is 1. The van der Waals surface area contributed by atoms with Crippen molar-refractivity contribution in [3.05, 3.63) is 59.9 Å². The molecule has 0 N–H and O–H groups in total. The van der Waals surface area contributed by atoms with Crippen LogP contribution in [0, 0.1) is 5.82 Å². The molecule has 2 heterocycles. The zero-order valence-corrected chi connectivity index (χ0v) is 13.9. The van der Waals surface area contributed by atoms with Crippen LogP contribution in [0.2, 0.25) is 0 Å². The first kappa shape index (κ1) is 16.4. The van der Waals surface area contributed by atoms with E-state index in [1.165, 1.54) is 6.07 Å². The SMILES string of the molecule is O=C(c1ccc(-c2nc(-c3ccccc3F)no2)cc1)N1CCOCC1. The number of carbonyl (C=O) groups is 1. The van der Waals surface area contributed by atoms with Gasteiger partial charge in [-0.05, 0) is 36.4 Å². The van der Waals surface area contributed by atoms with Crippen LogP contribution < -0.4 is 0 Å². The molecule has 1 amide bonds. The van der Waals surface area contributed by atoms with Gasteiger partial charge in [-0.3, -0.25) is 4.79 Å². The Kier molecular flexibility index (Phi) is 4.45. The predicted octanol–water partition coefficient (Wildman–Crippen LogP) is 3.02. The van der Waals surface area contributed by atoms with Crippen molar-refractivity contribution in [2.24, 2.45) is 0 Å². The molecule has 132 valence electrons. The summed E-state index contributed by atoms with van der Waals surface area (Å²) >= 11 is 0. The van der Waals surface area contributed by atoms with Crippen LogP contribution in [0.3, 0.4) is 0 Å². The Morgan fingerprint density at radius 3 is 2.50 bits per heavy atom. The molecule has 0 radical (unpaired) electrons. The molecule has 1 fully saturated rings. The van der Waals surface area contributed by atoms with Crippen LogP contribution in [-0.2, 0) is 4.74 Å². The fourth-order valence-corrected chi connectivity index (χ4v) is 2.80. The number of morpholine rings is 1. The van der Waals surface area contributed by atoms with Crippen molar-refractivity contribution >= 4 is 5.91 Å². The maximum Gasteiger partial charge on any atom is 0.258 e. The van der Waals surface area contributed by atoms with E-state index in [1.807, 2.05) is 0 Å². The van der Waals surface area contributed by atoms with Gasteiger partial charge in [0.25, 0.3) is 11.8 Å². The molecule has 4 rings (SSSR count). The van der Waals surface area contributed by atoms with Crippen LogP contribution in [-0.4, -0.2) is 47.3 Å². The average Bonchev–Trinajstić information content (AvgIpc) is 3.18. The highest BCUT2D eigenvalue weighted by atomic mass is 19.1. The summed E-state index contributed by atoms with van der Waals surface area (Å²) in [5.41, 5.74) is 1.53. The van der Waals surface area contributed by atoms with E-state index in [0.717, 1.165) is 0 Å². The van der Waals surface area contributed by atoms with Crippen LogP contribution in [0.5, 0.6) is 0 Å². The summed E-state index contributed by atoms with van der Waals surface area (Å²) in [4.78, 5) is 18.5. The highest BCUT2D eigenvalue weighted by Gasteiger charge is 2.19. The van der Waals surface area contributed by atoms with Gasteiger partial charge in [-0.15, -0.1) is 0 Å². The van der Waals surface area contributed by atoms with Crippen molar-refractivity contribution in [3.8, 4) is 22.8 Å². The van der Waals surface area contributed by atoms with E-state index in [2.05, 4.69) is 10.1 Å². The van der Waals surface area contributed by atoms with Crippen LogP contribution in [0.4, 0.5) is 4.39 Å². The Morgan fingerprint density at radius 1 is 1.04 bits per heavy atom. The van der Waals surface area contributed by atoms with Crippen LogP contribution >= 0.6 is 0 Å². The molecule has 3 aromatic rings. The number of amides is 1. The second kappa shape index (κ2) is 7.05. The molecule has 0 aliphatic carbocycles. The second-order valence-electron chi connectivity index (χ2n) is 5.88. The molecular formula is C19H16FN3O3. The van der Waals surface area contributed by atoms with Crippen LogP contribution in [0.25, 0.3) is 22.8 Å². The Hall–Kier alpha value is -3.06. The number of nitrogens with zero attached hydrogens (tertiary/aromatic N) is 3. The Balaban J connectivity index is 1.54. The third-order valence-electron chi connectivity index (χ3n) is 4.22. The van der Waals surface area contributed by atoms with Gasteiger partial charge < -0.3 is 14.2 Å². The lowest BCUT2D eigenvalue weighted by molar-refractivity contribution is 0.0303. The number of ether oxygens (including phenoxy) is 1. The van der Waals surface area contributed by atoms with Crippen molar-refractivity contribution < 1.29 is 18.4 Å². The van der Waals surface area contributed by atoms with E-state index in [4.69, 9.17) is 9.26 Å². The minimum atomic E-state index is -0.411. The summed E-state index contributed by atoms with van der Waals surface area (Å²) in [6.45, 7) is 2.31. The molecule has 0 bridgehead atoms. The average molecular weight is 353 g/mol. The van der Waals surface area contributed by atoms with Gasteiger partial charge in [0, 0.05) is 24.2 Å². The maximum atomic E-state index is 13.8. The van der Waals surface area contributed by atoms with Crippen molar-refractivity contribution in [1.82, 2.24) is 15.0 Å². The lowest BCUT2D eigenvalue weighted by Gasteiger charge is -2.26. The van der Waals surface area contributed by atoms with Crippen LogP contribution in [0.15, 0.2) is 53.1 Å². The number of halogens is 1. The highest BCUT2D eigenvalue weighted by molar-refractivity contribution is 5.94. The summed E-state index contributed by atoms with van der Waals surface area (Å²) in [7, 11) is 0. The first-order chi connectivity index (χ1) is 12.7. The third kappa shape index (κ3) is 3.21. The lowest BCUT2D eigenvalue weighted by atomic mass is 10.1. The fraction of sp³-hybridized carbons (Fsp3) is 0.211. The molecule has 2 aromatic carbocycles. The van der Waals surface area contributed by atoms with Crippen LogP contribution in [0.1, 0.15) is 10.4 Å². The summed E-state index contributed by atoms with van der Waals surface area (Å²) in [5, 5.41) is 3.84. The standard InChI is InChI=1S/C19H16FN3O3/c20-16-4-2-1-3-15(16)17-21-18(26-22-17)13-5-7-14(8-6-13)19(24)23-9-11-25-12-10-23/h1-8H,9-12H2. The molecule has 1 aliphatic rings. The van der Waals surface area contributed by atoms with Crippen molar-refractivity contribution in [3.63, 3.8) is 0 Å². The van der Waals surface area contributed by atoms with E-state index < -0.39 is 5.82 Å². The summed E-state index contributed by atoms with van der Waals surface area (Å²) in [6.07, 6.45) is 0. The van der Waals surface area contributed by atoms with E-state index in [0.29, 0.717) is 37.4 Å². The number of aromatic nitrogens is 2. The van der Waals surface area contributed by atoms with E-state index in [1.54, 1.807) is 47.4 Å². The minimum absolute atomic E-state index is 0.0302. The van der Waals surface area contributed by atoms with E-state index >= 15 is 0 Å². The van der Waals surface area contributed by atoms with Crippen molar-refractivity contribution in [2.45, 2.75) is 0 Å². The number of benzene rings is 2. The van der Waals surface area contributed by atoms with Crippen molar-refractivity contribution in [2.75, 3.05) is 26.3 Å². The van der Waals surface area contributed by atoms with E-state index in [9.17, 15) is 9.18 Å². The Labute approximate surface area is 149 Å². The normalized spacial score (nSPS) is 14.4. The first-order valence-corrected chi connectivity index (χ1v) is 8.28. The number of hydrogen-bond donors (Lipinski definition) is 0. The highest BCUT2D eigenvalue weighted by Crippen LogP contribution is 2.24.